The van der Waals surface area contributed by atoms with Crippen molar-refractivity contribution in [2.75, 3.05) is 38.1 Å². The molecule has 1 aliphatic heterocycles. The lowest BCUT2D eigenvalue weighted by Gasteiger charge is -2.33. The van der Waals surface area contributed by atoms with Gasteiger partial charge in [0.15, 0.2) is 0 Å². The average Bonchev–Trinajstić information content (AvgIpc) is 2.39. The first-order valence-electron chi connectivity index (χ1n) is 6.75. The lowest BCUT2D eigenvalue weighted by atomic mass is 10.2. The molecule has 5 nitrogen and oxygen atoms in total. The topological polar surface area (TPSA) is 48.5 Å². The molecule has 0 aliphatic carbocycles. The lowest BCUT2D eigenvalue weighted by molar-refractivity contribution is 0.0943. The normalized spacial score (nSPS) is 16.7. The minimum atomic E-state index is -0.0570. The largest absolute Gasteiger partial charge is 0.368 e. The molecule has 5 heteroatoms. The number of piperazine rings is 1. The highest BCUT2D eigenvalue weighted by molar-refractivity contribution is 5.94. The summed E-state index contributed by atoms with van der Waals surface area (Å²) in [6.45, 7) is 7.96. The average molecular weight is 262 g/mol. The summed E-state index contributed by atoms with van der Waals surface area (Å²) in [5, 5.41) is 2.89. The minimum Gasteiger partial charge on any atom is -0.368 e. The molecule has 0 aromatic carbocycles. The van der Waals surface area contributed by atoms with Crippen LogP contribution in [0.4, 0.5) is 5.69 Å². The van der Waals surface area contributed by atoms with E-state index < -0.39 is 0 Å². The van der Waals surface area contributed by atoms with Gasteiger partial charge in [-0.15, -0.1) is 0 Å². The molecule has 2 heterocycles. The monoisotopic (exact) mass is 262 g/mol. The molecule has 1 amide bonds. The van der Waals surface area contributed by atoms with E-state index in [9.17, 15) is 4.79 Å². The molecule has 0 radical (unpaired) electrons. The maximum atomic E-state index is 12.0. The van der Waals surface area contributed by atoms with Gasteiger partial charge in [0.05, 0.1) is 17.4 Å². The van der Waals surface area contributed by atoms with Crippen molar-refractivity contribution in [2.24, 2.45) is 0 Å². The van der Waals surface area contributed by atoms with E-state index in [1.165, 1.54) is 0 Å². The van der Waals surface area contributed by atoms with Gasteiger partial charge in [0.25, 0.3) is 5.91 Å². The van der Waals surface area contributed by atoms with Crippen molar-refractivity contribution in [1.82, 2.24) is 15.2 Å². The fourth-order valence-electron chi connectivity index (χ4n) is 2.14. The van der Waals surface area contributed by atoms with Crippen LogP contribution in [0.2, 0.25) is 0 Å². The van der Waals surface area contributed by atoms with Crippen molar-refractivity contribution in [1.29, 1.82) is 0 Å². The predicted molar refractivity (Wildman–Crippen MR) is 76.5 cm³/mol. The van der Waals surface area contributed by atoms with Crippen LogP contribution in [-0.4, -0.2) is 55.1 Å². The van der Waals surface area contributed by atoms with Crippen LogP contribution in [0.5, 0.6) is 0 Å². The Labute approximate surface area is 114 Å². The second kappa shape index (κ2) is 6.02. The fourth-order valence-corrected chi connectivity index (χ4v) is 2.14. The number of rotatable bonds is 3. The standard InChI is InChI=1S/C14H22N4O/c1-11(2)16-14(19)12-8-13(10-15-9-12)18-6-4-17(3)5-7-18/h8-11H,4-7H2,1-3H3,(H,16,19). The summed E-state index contributed by atoms with van der Waals surface area (Å²) in [6, 6.07) is 2.07. The first kappa shape index (κ1) is 13.8. The van der Waals surface area contributed by atoms with E-state index in [0.717, 1.165) is 31.9 Å². The number of amides is 1. The van der Waals surface area contributed by atoms with Crippen LogP contribution in [-0.2, 0) is 0 Å². The van der Waals surface area contributed by atoms with Crippen LogP contribution >= 0.6 is 0 Å². The quantitative estimate of drug-likeness (QED) is 0.882. The van der Waals surface area contributed by atoms with Crippen LogP contribution < -0.4 is 10.2 Å². The molecule has 1 aromatic heterocycles. The third kappa shape index (κ3) is 3.67. The van der Waals surface area contributed by atoms with Crippen molar-refractivity contribution >= 4 is 11.6 Å². The van der Waals surface area contributed by atoms with Crippen LogP contribution in [0, 0.1) is 0 Å². The van der Waals surface area contributed by atoms with Crippen LogP contribution in [0.3, 0.4) is 0 Å². The van der Waals surface area contributed by atoms with Gasteiger partial charge in [-0.2, -0.15) is 0 Å². The lowest BCUT2D eigenvalue weighted by Crippen LogP contribution is -2.44. The summed E-state index contributed by atoms with van der Waals surface area (Å²) in [7, 11) is 2.13. The number of hydrogen-bond acceptors (Lipinski definition) is 4. The second-order valence-corrected chi connectivity index (χ2v) is 5.35. The summed E-state index contributed by atoms with van der Waals surface area (Å²) in [4.78, 5) is 20.7. The molecule has 2 rings (SSSR count). The van der Waals surface area contributed by atoms with Crippen molar-refractivity contribution in [3.63, 3.8) is 0 Å². The molecule has 104 valence electrons. The first-order chi connectivity index (χ1) is 9.06. The van der Waals surface area contributed by atoms with Gasteiger partial charge in [-0.3, -0.25) is 9.78 Å². The number of aromatic nitrogens is 1. The second-order valence-electron chi connectivity index (χ2n) is 5.35. The predicted octanol–water partition coefficient (Wildman–Crippen LogP) is 0.972. The third-order valence-electron chi connectivity index (χ3n) is 3.27. The number of nitrogens with one attached hydrogen (secondary N) is 1. The number of carbonyl (C=O) groups excluding carboxylic acids is 1. The first-order valence-corrected chi connectivity index (χ1v) is 6.75. The van der Waals surface area contributed by atoms with Crippen molar-refractivity contribution in [3.8, 4) is 0 Å². The molecule has 1 fully saturated rings. The van der Waals surface area contributed by atoms with Gasteiger partial charge in [-0.1, -0.05) is 0 Å². The number of nitrogens with zero attached hydrogens (tertiary/aromatic N) is 3. The van der Waals surface area contributed by atoms with Crippen LogP contribution in [0.25, 0.3) is 0 Å². The van der Waals surface area contributed by atoms with E-state index in [0.29, 0.717) is 5.56 Å². The fraction of sp³-hybridized carbons (Fsp3) is 0.571. The molecule has 1 aliphatic rings. The number of likely N-dealkylation sites (N-methyl/N-ethyl adjacent to an activating group) is 1. The van der Waals surface area contributed by atoms with Gasteiger partial charge >= 0.3 is 0 Å². The Morgan fingerprint density at radius 2 is 1.95 bits per heavy atom. The number of carbonyl (C=O) groups is 1. The highest BCUT2D eigenvalue weighted by atomic mass is 16.1. The number of hydrogen-bond donors (Lipinski definition) is 1. The summed E-state index contributed by atoms with van der Waals surface area (Å²) < 4.78 is 0. The Kier molecular flexibility index (Phi) is 4.37. The van der Waals surface area contributed by atoms with E-state index >= 15 is 0 Å². The molecule has 0 spiro atoms. The van der Waals surface area contributed by atoms with E-state index in [2.05, 4.69) is 27.1 Å². The highest BCUT2D eigenvalue weighted by Crippen LogP contribution is 2.16. The molecule has 0 atom stereocenters. The minimum absolute atomic E-state index is 0.0570. The molecule has 1 aromatic rings. The smallest absolute Gasteiger partial charge is 0.253 e. The van der Waals surface area contributed by atoms with E-state index in [-0.39, 0.29) is 11.9 Å². The summed E-state index contributed by atoms with van der Waals surface area (Å²) in [6.07, 6.45) is 3.45. The number of anilines is 1. The van der Waals surface area contributed by atoms with E-state index in [1.807, 2.05) is 26.1 Å². The summed E-state index contributed by atoms with van der Waals surface area (Å²) in [5.41, 5.74) is 1.66. The molecule has 0 saturated carbocycles. The van der Waals surface area contributed by atoms with Crippen molar-refractivity contribution < 1.29 is 4.79 Å². The molecule has 19 heavy (non-hydrogen) atoms. The Morgan fingerprint density at radius 3 is 2.58 bits per heavy atom. The van der Waals surface area contributed by atoms with Crippen molar-refractivity contribution in [3.05, 3.63) is 24.0 Å². The SMILES string of the molecule is CC(C)NC(=O)c1cncc(N2CCN(C)CC2)c1. The van der Waals surface area contributed by atoms with Gasteiger partial charge in [0.1, 0.15) is 0 Å². The van der Waals surface area contributed by atoms with Gasteiger partial charge in [0, 0.05) is 38.4 Å². The van der Waals surface area contributed by atoms with E-state index in [4.69, 9.17) is 0 Å². The molecular weight excluding hydrogens is 240 g/mol. The Bertz CT molecular complexity index is 439. The maximum absolute atomic E-state index is 12.0. The Balaban J connectivity index is 2.08. The highest BCUT2D eigenvalue weighted by Gasteiger charge is 2.16. The Hall–Kier alpha value is -1.62. The number of pyridine rings is 1. The van der Waals surface area contributed by atoms with Gasteiger partial charge in [0.2, 0.25) is 0 Å². The van der Waals surface area contributed by atoms with Crippen LogP contribution in [0.1, 0.15) is 24.2 Å². The zero-order valence-corrected chi connectivity index (χ0v) is 11.9. The molecule has 1 saturated heterocycles. The van der Waals surface area contributed by atoms with Crippen LogP contribution in [0.15, 0.2) is 18.5 Å². The molecule has 0 unspecified atom stereocenters. The zero-order valence-electron chi connectivity index (χ0n) is 11.9. The summed E-state index contributed by atoms with van der Waals surface area (Å²) >= 11 is 0. The third-order valence-corrected chi connectivity index (χ3v) is 3.27. The maximum Gasteiger partial charge on any atom is 0.253 e. The van der Waals surface area contributed by atoms with E-state index in [1.54, 1.807) is 6.20 Å². The summed E-state index contributed by atoms with van der Waals surface area (Å²) in [5.74, 6) is -0.0570. The van der Waals surface area contributed by atoms with Crippen molar-refractivity contribution in [2.45, 2.75) is 19.9 Å². The Morgan fingerprint density at radius 1 is 1.26 bits per heavy atom. The molecule has 0 bridgehead atoms. The zero-order chi connectivity index (χ0) is 13.8. The molecular formula is C14H22N4O. The van der Waals surface area contributed by atoms with Gasteiger partial charge in [-0.25, -0.2) is 0 Å². The van der Waals surface area contributed by atoms with Gasteiger partial charge in [-0.05, 0) is 27.0 Å². The van der Waals surface area contributed by atoms with Gasteiger partial charge < -0.3 is 15.1 Å². The molecule has 1 N–H and O–H groups in total.